The highest BCUT2D eigenvalue weighted by Crippen LogP contribution is 2.24. The Morgan fingerprint density at radius 3 is 2.38 bits per heavy atom. The summed E-state index contributed by atoms with van der Waals surface area (Å²) in [6, 6.07) is 14.1. The molecular weight excluding hydrogens is 302 g/mol. The van der Waals surface area contributed by atoms with E-state index in [-0.39, 0.29) is 5.91 Å². The second-order valence-corrected chi connectivity index (χ2v) is 6.04. The number of hydrogen-bond donors (Lipinski definition) is 3. The van der Waals surface area contributed by atoms with Crippen molar-refractivity contribution in [2.45, 2.75) is 32.7 Å². The van der Waals surface area contributed by atoms with E-state index in [0.29, 0.717) is 17.2 Å². The van der Waals surface area contributed by atoms with Crippen LogP contribution in [-0.2, 0) is 4.79 Å². The number of carbonyl (C=O) groups excluding carboxylic acids is 2. The molecule has 24 heavy (non-hydrogen) atoms. The summed E-state index contributed by atoms with van der Waals surface area (Å²) in [6.07, 6.45) is 0. The molecule has 0 bridgehead atoms. The van der Waals surface area contributed by atoms with Crippen molar-refractivity contribution in [1.82, 2.24) is 0 Å². The molecule has 0 radical (unpaired) electrons. The molecule has 0 saturated carbocycles. The molecule has 0 heterocycles. The van der Waals surface area contributed by atoms with Crippen LogP contribution in [0.5, 0.6) is 0 Å². The van der Waals surface area contributed by atoms with Crippen molar-refractivity contribution in [2.75, 3.05) is 10.6 Å². The Hall–Kier alpha value is -2.82. The van der Waals surface area contributed by atoms with Gasteiger partial charge in [0.1, 0.15) is 6.04 Å². The van der Waals surface area contributed by atoms with Crippen molar-refractivity contribution in [3.63, 3.8) is 0 Å². The maximum Gasteiger partial charge on any atom is 0.248 e. The van der Waals surface area contributed by atoms with Gasteiger partial charge in [0, 0.05) is 16.9 Å². The minimum absolute atomic E-state index is 0.146. The zero-order valence-electron chi connectivity index (χ0n) is 14.2. The number of para-hydroxylation sites is 1. The van der Waals surface area contributed by atoms with E-state index in [1.54, 1.807) is 31.2 Å². The van der Waals surface area contributed by atoms with Gasteiger partial charge in [-0.2, -0.15) is 0 Å². The molecule has 0 spiro atoms. The highest BCUT2D eigenvalue weighted by Gasteiger charge is 2.15. The smallest absolute Gasteiger partial charge is 0.248 e. The fraction of sp³-hybridized carbons (Fsp3) is 0.263. The number of rotatable bonds is 6. The van der Waals surface area contributed by atoms with Gasteiger partial charge in [0.15, 0.2) is 0 Å². The van der Waals surface area contributed by atoms with Crippen LogP contribution < -0.4 is 16.4 Å². The Labute approximate surface area is 142 Å². The van der Waals surface area contributed by atoms with Crippen LogP contribution in [0, 0.1) is 0 Å². The predicted molar refractivity (Wildman–Crippen MR) is 97.2 cm³/mol. The fourth-order valence-electron chi connectivity index (χ4n) is 2.43. The van der Waals surface area contributed by atoms with E-state index in [1.807, 2.05) is 24.3 Å². The number of carbonyl (C=O) groups is 2. The summed E-state index contributed by atoms with van der Waals surface area (Å²) in [5.74, 6) is -0.328. The Kier molecular flexibility index (Phi) is 5.58. The first-order valence-corrected chi connectivity index (χ1v) is 7.94. The number of benzene rings is 2. The van der Waals surface area contributed by atoms with Gasteiger partial charge in [-0.05, 0) is 42.7 Å². The van der Waals surface area contributed by atoms with Gasteiger partial charge in [0.2, 0.25) is 11.8 Å². The van der Waals surface area contributed by atoms with E-state index in [9.17, 15) is 9.59 Å². The van der Waals surface area contributed by atoms with Gasteiger partial charge in [-0.25, -0.2) is 0 Å². The normalized spacial score (nSPS) is 11.8. The van der Waals surface area contributed by atoms with E-state index in [0.717, 1.165) is 11.3 Å². The van der Waals surface area contributed by atoms with Gasteiger partial charge in [-0.1, -0.05) is 38.1 Å². The van der Waals surface area contributed by atoms with Crippen molar-refractivity contribution in [3.8, 4) is 0 Å². The van der Waals surface area contributed by atoms with Crippen LogP contribution >= 0.6 is 0 Å². The zero-order valence-corrected chi connectivity index (χ0v) is 14.2. The molecule has 2 aromatic rings. The lowest BCUT2D eigenvalue weighted by Gasteiger charge is -2.18. The third-order valence-corrected chi connectivity index (χ3v) is 3.76. The van der Waals surface area contributed by atoms with Crippen molar-refractivity contribution >= 4 is 23.2 Å². The lowest BCUT2D eigenvalue weighted by Crippen LogP contribution is -2.32. The Bertz CT molecular complexity index is 741. The molecule has 1 unspecified atom stereocenters. The lowest BCUT2D eigenvalue weighted by atomic mass is 10.0. The van der Waals surface area contributed by atoms with Crippen LogP contribution in [0.15, 0.2) is 48.5 Å². The molecule has 0 aliphatic carbocycles. The molecule has 1 atom stereocenters. The molecule has 0 aliphatic heterocycles. The molecule has 0 fully saturated rings. The number of hydrogen-bond acceptors (Lipinski definition) is 3. The number of anilines is 2. The van der Waals surface area contributed by atoms with Crippen LogP contribution in [0.25, 0.3) is 0 Å². The second kappa shape index (κ2) is 7.64. The highest BCUT2D eigenvalue weighted by atomic mass is 16.2. The largest absolute Gasteiger partial charge is 0.374 e. The Morgan fingerprint density at radius 2 is 1.71 bits per heavy atom. The number of primary amides is 1. The van der Waals surface area contributed by atoms with E-state index in [2.05, 4.69) is 24.5 Å². The first-order valence-electron chi connectivity index (χ1n) is 7.94. The van der Waals surface area contributed by atoms with Gasteiger partial charge in [0.25, 0.3) is 0 Å². The molecule has 2 rings (SSSR count). The third-order valence-electron chi connectivity index (χ3n) is 3.76. The monoisotopic (exact) mass is 325 g/mol. The Balaban J connectivity index is 2.08. The number of nitrogens with two attached hydrogens (primary N) is 1. The first kappa shape index (κ1) is 17.5. The summed E-state index contributed by atoms with van der Waals surface area (Å²) in [5, 5.41) is 6.04. The zero-order chi connectivity index (χ0) is 17.7. The highest BCUT2D eigenvalue weighted by molar-refractivity contribution is 5.97. The number of amides is 2. The van der Waals surface area contributed by atoms with Crippen LogP contribution in [0.1, 0.15) is 42.6 Å². The van der Waals surface area contributed by atoms with Gasteiger partial charge in [-0.15, -0.1) is 0 Å². The topological polar surface area (TPSA) is 84.2 Å². The molecule has 2 amide bonds. The van der Waals surface area contributed by atoms with Crippen molar-refractivity contribution in [1.29, 1.82) is 0 Å². The quantitative estimate of drug-likeness (QED) is 0.761. The van der Waals surface area contributed by atoms with Crippen molar-refractivity contribution < 1.29 is 9.59 Å². The summed E-state index contributed by atoms with van der Waals surface area (Å²) < 4.78 is 0. The van der Waals surface area contributed by atoms with E-state index in [4.69, 9.17) is 5.73 Å². The van der Waals surface area contributed by atoms with Crippen LogP contribution in [0.3, 0.4) is 0 Å². The van der Waals surface area contributed by atoms with Crippen LogP contribution in [0.4, 0.5) is 11.4 Å². The molecule has 0 aliphatic rings. The molecule has 2 aromatic carbocycles. The average Bonchev–Trinajstić information content (AvgIpc) is 2.55. The molecule has 5 heteroatoms. The molecule has 5 nitrogen and oxygen atoms in total. The molecule has 0 aromatic heterocycles. The summed E-state index contributed by atoms with van der Waals surface area (Å²) in [7, 11) is 0. The van der Waals surface area contributed by atoms with Crippen LogP contribution in [-0.4, -0.2) is 17.9 Å². The molecular formula is C19H23N3O2. The molecule has 126 valence electrons. The van der Waals surface area contributed by atoms with E-state index in [1.165, 1.54) is 0 Å². The average molecular weight is 325 g/mol. The fourth-order valence-corrected chi connectivity index (χ4v) is 2.43. The first-order chi connectivity index (χ1) is 11.4. The summed E-state index contributed by atoms with van der Waals surface area (Å²) in [4.78, 5) is 23.7. The van der Waals surface area contributed by atoms with Gasteiger partial charge in [0.05, 0.1) is 0 Å². The van der Waals surface area contributed by atoms with Crippen molar-refractivity contribution in [3.05, 3.63) is 59.7 Å². The third kappa shape index (κ3) is 4.35. The molecule has 0 saturated heterocycles. The van der Waals surface area contributed by atoms with Gasteiger partial charge >= 0.3 is 0 Å². The maximum atomic E-state index is 12.4. The van der Waals surface area contributed by atoms with E-state index < -0.39 is 11.9 Å². The Morgan fingerprint density at radius 1 is 1.00 bits per heavy atom. The standard InChI is InChI=1S/C19H23N3O2/c1-12(2)16-9-4-5-10-17(16)22-19(24)13(3)21-15-8-6-7-14(11-15)18(20)23/h4-13,21H,1-3H3,(H2,20,23)(H,22,24). The number of nitrogens with one attached hydrogen (secondary N) is 2. The minimum Gasteiger partial charge on any atom is -0.374 e. The van der Waals surface area contributed by atoms with Crippen LogP contribution in [0.2, 0.25) is 0 Å². The summed E-state index contributed by atoms with van der Waals surface area (Å²) in [6.45, 7) is 5.94. The van der Waals surface area contributed by atoms with Gasteiger partial charge < -0.3 is 16.4 Å². The second-order valence-electron chi connectivity index (χ2n) is 6.04. The summed E-state index contributed by atoms with van der Waals surface area (Å²) in [5.41, 5.74) is 8.26. The van der Waals surface area contributed by atoms with E-state index >= 15 is 0 Å². The minimum atomic E-state index is -0.499. The maximum absolute atomic E-state index is 12.4. The predicted octanol–water partition coefficient (Wildman–Crippen LogP) is 3.35. The van der Waals surface area contributed by atoms with Crippen molar-refractivity contribution in [2.24, 2.45) is 5.73 Å². The SMILES string of the molecule is CC(Nc1cccc(C(N)=O)c1)C(=O)Nc1ccccc1C(C)C. The lowest BCUT2D eigenvalue weighted by molar-refractivity contribution is -0.116. The summed E-state index contributed by atoms with van der Waals surface area (Å²) >= 11 is 0. The van der Waals surface area contributed by atoms with Gasteiger partial charge in [-0.3, -0.25) is 9.59 Å². The molecule has 4 N–H and O–H groups in total.